The summed E-state index contributed by atoms with van der Waals surface area (Å²) in [4.78, 5) is 4.51. The van der Waals surface area contributed by atoms with Gasteiger partial charge in [-0.25, -0.2) is 4.39 Å². The second-order valence-electron chi connectivity index (χ2n) is 4.78. The highest BCUT2D eigenvalue weighted by atomic mass is 19.1. The van der Waals surface area contributed by atoms with Gasteiger partial charge in [0.05, 0.1) is 18.8 Å². The Hall–Kier alpha value is -1.94. The lowest BCUT2D eigenvalue weighted by Crippen LogP contribution is -2.24. The van der Waals surface area contributed by atoms with Crippen LogP contribution in [-0.4, -0.2) is 18.6 Å². The highest BCUT2D eigenvalue weighted by molar-refractivity contribution is 5.42. The normalized spacial score (nSPS) is 12.2. The van der Waals surface area contributed by atoms with Crippen LogP contribution in [0.25, 0.3) is 0 Å². The van der Waals surface area contributed by atoms with E-state index in [1.165, 1.54) is 12.1 Å². The van der Waals surface area contributed by atoms with Crippen molar-refractivity contribution in [1.82, 2.24) is 10.3 Å². The van der Waals surface area contributed by atoms with Crippen LogP contribution in [0.1, 0.15) is 36.7 Å². The fourth-order valence-electron chi connectivity index (χ4n) is 2.50. The van der Waals surface area contributed by atoms with Gasteiger partial charge in [-0.2, -0.15) is 0 Å². The molecule has 0 bridgehead atoms. The number of ether oxygens (including phenoxy) is 1. The summed E-state index contributed by atoms with van der Waals surface area (Å²) >= 11 is 0. The van der Waals surface area contributed by atoms with Gasteiger partial charge < -0.3 is 10.1 Å². The van der Waals surface area contributed by atoms with Crippen LogP contribution >= 0.6 is 0 Å². The van der Waals surface area contributed by atoms with Crippen molar-refractivity contribution in [2.45, 2.75) is 26.3 Å². The molecule has 4 heteroatoms. The molecule has 2 aromatic rings. The number of nitrogens with one attached hydrogen (secondary N) is 1. The SMILES string of the molecule is CCNC(c1cc(F)ccc1OC)c1ncccc1CC. The molecule has 112 valence electrons. The number of halogens is 1. The first-order valence-electron chi connectivity index (χ1n) is 7.21. The van der Waals surface area contributed by atoms with Gasteiger partial charge in [0.25, 0.3) is 0 Å². The topological polar surface area (TPSA) is 34.1 Å². The molecule has 0 aliphatic heterocycles. The number of nitrogens with zero attached hydrogens (tertiary/aromatic N) is 1. The molecule has 1 aromatic carbocycles. The van der Waals surface area contributed by atoms with E-state index in [0.717, 1.165) is 29.8 Å². The summed E-state index contributed by atoms with van der Waals surface area (Å²) in [5.41, 5.74) is 2.84. The molecule has 0 radical (unpaired) electrons. The van der Waals surface area contributed by atoms with E-state index in [4.69, 9.17) is 4.74 Å². The Morgan fingerprint density at radius 3 is 2.76 bits per heavy atom. The van der Waals surface area contributed by atoms with Crippen molar-refractivity contribution in [2.75, 3.05) is 13.7 Å². The van der Waals surface area contributed by atoms with Gasteiger partial charge in [0.2, 0.25) is 0 Å². The maximum atomic E-state index is 13.7. The van der Waals surface area contributed by atoms with Gasteiger partial charge in [-0.05, 0) is 42.8 Å². The summed E-state index contributed by atoms with van der Waals surface area (Å²) in [6.07, 6.45) is 2.65. The predicted molar refractivity (Wildman–Crippen MR) is 82.1 cm³/mol. The first-order chi connectivity index (χ1) is 10.2. The van der Waals surface area contributed by atoms with Crippen LogP contribution in [-0.2, 0) is 6.42 Å². The van der Waals surface area contributed by atoms with Gasteiger partial charge in [-0.3, -0.25) is 4.98 Å². The lowest BCUT2D eigenvalue weighted by Gasteiger charge is -2.22. The number of hydrogen-bond acceptors (Lipinski definition) is 3. The first kappa shape index (κ1) is 15.4. The summed E-state index contributed by atoms with van der Waals surface area (Å²) in [7, 11) is 1.60. The average Bonchev–Trinajstić information content (AvgIpc) is 2.52. The number of benzene rings is 1. The van der Waals surface area contributed by atoms with E-state index in [2.05, 4.69) is 23.3 Å². The molecule has 0 aliphatic carbocycles. The lowest BCUT2D eigenvalue weighted by atomic mass is 9.97. The zero-order chi connectivity index (χ0) is 15.2. The van der Waals surface area contributed by atoms with E-state index < -0.39 is 0 Å². The Morgan fingerprint density at radius 2 is 2.10 bits per heavy atom. The maximum absolute atomic E-state index is 13.7. The number of aromatic nitrogens is 1. The summed E-state index contributed by atoms with van der Waals surface area (Å²) in [5, 5.41) is 3.38. The van der Waals surface area contributed by atoms with Crippen molar-refractivity contribution in [3.8, 4) is 5.75 Å². The zero-order valence-electron chi connectivity index (χ0n) is 12.7. The summed E-state index contributed by atoms with van der Waals surface area (Å²) < 4.78 is 19.1. The lowest BCUT2D eigenvalue weighted by molar-refractivity contribution is 0.402. The van der Waals surface area contributed by atoms with Crippen molar-refractivity contribution in [3.63, 3.8) is 0 Å². The first-order valence-corrected chi connectivity index (χ1v) is 7.21. The molecule has 1 N–H and O–H groups in total. The molecule has 0 amide bonds. The number of pyridine rings is 1. The van der Waals surface area contributed by atoms with Gasteiger partial charge in [0.15, 0.2) is 0 Å². The molecule has 21 heavy (non-hydrogen) atoms. The van der Waals surface area contributed by atoms with Crippen LogP contribution in [0, 0.1) is 5.82 Å². The number of rotatable bonds is 6. The highest BCUT2D eigenvalue weighted by Crippen LogP contribution is 2.31. The Labute approximate surface area is 125 Å². The Balaban J connectivity index is 2.55. The van der Waals surface area contributed by atoms with Crippen molar-refractivity contribution in [1.29, 1.82) is 0 Å². The largest absolute Gasteiger partial charge is 0.496 e. The molecular formula is C17H21FN2O. The van der Waals surface area contributed by atoms with Crippen LogP contribution in [0.4, 0.5) is 4.39 Å². The Kier molecular flexibility index (Phi) is 5.28. The second kappa shape index (κ2) is 7.18. The average molecular weight is 288 g/mol. The van der Waals surface area contributed by atoms with Gasteiger partial charge >= 0.3 is 0 Å². The molecule has 2 rings (SSSR count). The van der Waals surface area contributed by atoms with E-state index in [1.54, 1.807) is 19.4 Å². The summed E-state index contributed by atoms with van der Waals surface area (Å²) in [6.45, 7) is 4.86. The molecule has 0 saturated carbocycles. The Morgan fingerprint density at radius 1 is 1.29 bits per heavy atom. The van der Waals surface area contributed by atoms with Crippen molar-refractivity contribution >= 4 is 0 Å². The number of aryl methyl sites for hydroxylation is 1. The molecule has 0 fully saturated rings. The van der Waals surface area contributed by atoms with Crippen molar-refractivity contribution < 1.29 is 9.13 Å². The van der Waals surface area contributed by atoms with Crippen LogP contribution in [0.5, 0.6) is 5.75 Å². The fourth-order valence-corrected chi connectivity index (χ4v) is 2.50. The van der Waals surface area contributed by atoms with E-state index in [1.807, 2.05) is 13.0 Å². The molecule has 1 atom stereocenters. The van der Waals surface area contributed by atoms with E-state index >= 15 is 0 Å². The van der Waals surface area contributed by atoms with Crippen LogP contribution in [0.15, 0.2) is 36.5 Å². The van der Waals surface area contributed by atoms with Gasteiger partial charge in [0, 0.05) is 11.8 Å². The molecule has 0 saturated heterocycles. The summed E-state index contributed by atoms with van der Waals surface area (Å²) in [6, 6.07) is 8.37. The van der Waals surface area contributed by atoms with Crippen molar-refractivity contribution in [3.05, 3.63) is 59.2 Å². The molecule has 1 unspecified atom stereocenters. The number of methoxy groups -OCH3 is 1. The standard InChI is InChI=1S/C17H21FN2O/c1-4-12-7-6-10-20-16(12)17(19-5-2)14-11-13(18)8-9-15(14)21-3/h6-11,17,19H,4-5H2,1-3H3. The third-order valence-corrected chi connectivity index (χ3v) is 3.49. The monoisotopic (exact) mass is 288 g/mol. The van der Waals surface area contributed by atoms with Crippen LogP contribution < -0.4 is 10.1 Å². The minimum absolute atomic E-state index is 0.184. The van der Waals surface area contributed by atoms with E-state index in [9.17, 15) is 4.39 Å². The third kappa shape index (κ3) is 3.39. The second-order valence-corrected chi connectivity index (χ2v) is 4.78. The molecular weight excluding hydrogens is 267 g/mol. The van der Waals surface area contributed by atoms with Gasteiger partial charge in [-0.1, -0.05) is 19.9 Å². The predicted octanol–water partition coefficient (Wildman–Crippen LogP) is 3.49. The van der Waals surface area contributed by atoms with Crippen LogP contribution in [0.2, 0.25) is 0 Å². The third-order valence-electron chi connectivity index (χ3n) is 3.49. The highest BCUT2D eigenvalue weighted by Gasteiger charge is 2.21. The zero-order valence-corrected chi connectivity index (χ0v) is 12.7. The minimum atomic E-state index is -0.275. The quantitative estimate of drug-likeness (QED) is 0.883. The Bertz CT molecular complexity index is 601. The summed E-state index contributed by atoms with van der Waals surface area (Å²) in [5.74, 6) is 0.387. The molecule has 1 aromatic heterocycles. The smallest absolute Gasteiger partial charge is 0.124 e. The van der Waals surface area contributed by atoms with E-state index in [0.29, 0.717) is 5.75 Å². The molecule has 1 heterocycles. The van der Waals surface area contributed by atoms with E-state index in [-0.39, 0.29) is 11.9 Å². The van der Waals surface area contributed by atoms with Gasteiger partial charge in [0.1, 0.15) is 11.6 Å². The minimum Gasteiger partial charge on any atom is -0.496 e. The van der Waals surface area contributed by atoms with Crippen molar-refractivity contribution in [2.24, 2.45) is 0 Å². The van der Waals surface area contributed by atoms with Crippen LogP contribution in [0.3, 0.4) is 0 Å². The van der Waals surface area contributed by atoms with Gasteiger partial charge in [-0.15, -0.1) is 0 Å². The number of hydrogen-bond donors (Lipinski definition) is 1. The molecule has 0 spiro atoms. The molecule has 3 nitrogen and oxygen atoms in total. The fraction of sp³-hybridized carbons (Fsp3) is 0.353. The molecule has 0 aliphatic rings. The maximum Gasteiger partial charge on any atom is 0.124 e.